The molecule has 1 aliphatic rings. The number of nitrogens with one attached hydrogen (secondary N) is 1. The molecule has 1 rings (SSSR count). The van der Waals surface area contributed by atoms with Crippen LogP contribution < -0.4 is 5.32 Å². The summed E-state index contributed by atoms with van der Waals surface area (Å²) in [5, 5.41) is 3.41. The van der Waals surface area contributed by atoms with Gasteiger partial charge in [-0.05, 0) is 37.6 Å². The molecule has 0 spiro atoms. The molecule has 0 aromatic heterocycles. The summed E-state index contributed by atoms with van der Waals surface area (Å²) in [7, 11) is 0. The maximum absolute atomic E-state index is 3.41. The van der Waals surface area contributed by atoms with Gasteiger partial charge < -0.3 is 5.32 Å². The van der Waals surface area contributed by atoms with Gasteiger partial charge in [-0.3, -0.25) is 0 Å². The van der Waals surface area contributed by atoms with E-state index in [1.807, 2.05) is 0 Å². The molecule has 1 atom stereocenters. The van der Waals surface area contributed by atoms with Gasteiger partial charge in [-0.15, -0.1) is 0 Å². The molecule has 0 saturated carbocycles. The van der Waals surface area contributed by atoms with Gasteiger partial charge in [-0.1, -0.05) is 20.8 Å². The van der Waals surface area contributed by atoms with Crippen LogP contribution in [0.5, 0.6) is 0 Å². The molecule has 0 unspecified atom stereocenters. The van der Waals surface area contributed by atoms with E-state index < -0.39 is 0 Å². The summed E-state index contributed by atoms with van der Waals surface area (Å²) in [5.74, 6) is 2.29. The normalized spacial score (nSPS) is 24.8. The van der Waals surface area contributed by atoms with E-state index >= 15 is 0 Å². The summed E-state index contributed by atoms with van der Waals surface area (Å²) < 4.78 is 0.450. The highest BCUT2D eigenvalue weighted by molar-refractivity contribution is 8.00. The SMILES string of the molecule is CC(C)(C)SCC[C@H]1CCNC1. The molecule has 0 amide bonds. The van der Waals surface area contributed by atoms with Gasteiger partial charge in [-0.25, -0.2) is 0 Å². The molecule has 0 bridgehead atoms. The molecule has 72 valence electrons. The molecule has 1 N–H and O–H groups in total. The van der Waals surface area contributed by atoms with Gasteiger partial charge in [0.25, 0.3) is 0 Å². The summed E-state index contributed by atoms with van der Waals surface area (Å²) in [6, 6.07) is 0. The Balaban J connectivity index is 2.02. The van der Waals surface area contributed by atoms with E-state index in [-0.39, 0.29) is 0 Å². The Morgan fingerprint density at radius 2 is 2.17 bits per heavy atom. The van der Waals surface area contributed by atoms with Crippen molar-refractivity contribution >= 4 is 11.8 Å². The lowest BCUT2D eigenvalue weighted by Crippen LogP contribution is -2.12. The Morgan fingerprint density at radius 3 is 2.67 bits per heavy atom. The van der Waals surface area contributed by atoms with E-state index in [2.05, 4.69) is 37.8 Å². The van der Waals surface area contributed by atoms with Crippen LogP contribution in [0.3, 0.4) is 0 Å². The summed E-state index contributed by atoms with van der Waals surface area (Å²) >= 11 is 2.09. The molecule has 0 aliphatic carbocycles. The van der Waals surface area contributed by atoms with Gasteiger partial charge in [0.15, 0.2) is 0 Å². The van der Waals surface area contributed by atoms with Crippen LogP contribution >= 0.6 is 11.8 Å². The number of rotatable bonds is 3. The number of thioether (sulfide) groups is 1. The molecular formula is C10H21NS. The summed E-state index contributed by atoms with van der Waals surface area (Å²) in [6.45, 7) is 9.38. The highest BCUT2D eigenvalue weighted by atomic mass is 32.2. The fourth-order valence-corrected chi connectivity index (χ4v) is 2.56. The molecule has 1 heterocycles. The van der Waals surface area contributed by atoms with Gasteiger partial charge in [0.2, 0.25) is 0 Å². The molecule has 1 nitrogen and oxygen atoms in total. The van der Waals surface area contributed by atoms with Crippen LogP contribution in [0.4, 0.5) is 0 Å². The minimum absolute atomic E-state index is 0.450. The van der Waals surface area contributed by atoms with Crippen molar-refractivity contribution in [2.45, 2.75) is 38.4 Å². The predicted octanol–water partition coefficient (Wildman–Crippen LogP) is 2.52. The lowest BCUT2D eigenvalue weighted by Gasteiger charge is -2.18. The second-order valence-electron chi connectivity index (χ2n) is 4.61. The Morgan fingerprint density at radius 1 is 1.42 bits per heavy atom. The lowest BCUT2D eigenvalue weighted by atomic mass is 10.1. The van der Waals surface area contributed by atoms with Crippen molar-refractivity contribution in [2.24, 2.45) is 5.92 Å². The average molecular weight is 187 g/mol. The number of hydrogen-bond acceptors (Lipinski definition) is 2. The van der Waals surface area contributed by atoms with Crippen LogP contribution in [0.25, 0.3) is 0 Å². The van der Waals surface area contributed by atoms with E-state index in [9.17, 15) is 0 Å². The molecule has 1 saturated heterocycles. The van der Waals surface area contributed by atoms with Crippen molar-refractivity contribution in [2.75, 3.05) is 18.8 Å². The van der Waals surface area contributed by atoms with E-state index in [4.69, 9.17) is 0 Å². The quantitative estimate of drug-likeness (QED) is 0.728. The second kappa shape index (κ2) is 4.52. The van der Waals surface area contributed by atoms with Gasteiger partial charge in [0.05, 0.1) is 0 Å². The first kappa shape index (κ1) is 10.4. The van der Waals surface area contributed by atoms with Crippen LogP contribution in [0.2, 0.25) is 0 Å². The molecule has 0 radical (unpaired) electrons. The standard InChI is InChI=1S/C10H21NS/c1-10(2,3)12-7-5-9-4-6-11-8-9/h9,11H,4-8H2,1-3H3/t9-/m1/s1. The summed E-state index contributed by atoms with van der Waals surface area (Å²) in [4.78, 5) is 0. The second-order valence-corrected chi connectivity index (χ2v) is 6.53. The highest BCUT2D eigenvalue weighted by Crippen LogP contribution is 2.26. The Bertz CT molecular complexity index is 122. The third kappa shape index (κ3) is 4.36. The molecule has 2 heteroatoms. The Labute approximate surface area is 80.7 Å². The lowest BCUT2D eigenvalue weighted by molar-refractivity contribution is 0.566. The summed E-state index contributed by atoms with van der Waals surface area (Å²) in [6.07, 6.45) is 2.79. The van der Waals surface area contributed by atoms with Crippen molar-refractivity contribution in [3.63, 3.8) is 0 Å². The van der Waals surface area contributed by atoms with Crippen LogP contribution in [0, 0.1) is 5.92 Å². The van der Waals surface area contributed by atoms with Crippen molar-refractivity contribution in [3.05, 3.63) is 0 Å². The molecule has 0 aromatic rings. The Hall–Kier alpha value is 0.310. The van der Waals surface area contributed by atoms with Gasteiger partial charge in [0, 0.05) is 4.75 Å². The first-order valence-electron chi connectivity index (χ1n) is 4.92. The third-order valence-electron chi connectivity index (χ3n) is 2.22. The average Bonchev–Trinajstić information content (AvgIpc) is 2.36. The zero-order valence-electron chi connectivity index (χ0n) is 8.52. The van der Waals surface area contributed by atoms with Gasteiger partial charge >= 0.3 is 0 Å². The Kier molecular flexibility index (Phi) is 3.91. The molecule has 1 fully saturated rings. The predicted molar refractivity (Wildman–Crippen MR) is 57.8 cm³/mol. The van der Waals surface area contributed by atoms with E-state index in [1.54, 1.807) is 0 Å². The van der Waals surface area contributed by atoms with Crippen LogP contribution in [-0.2, 0) is 0 Å². The van der Waals surface area contributed by atoms with Gasteiger partial charge in [-0.2, -0.15) is 11.8 Å². The monoisotopic (exact) mass is 187 g/mol. The van der Waals surface area contributed by atoms with E-state index in [1.165, 1.54) is 31.7 Å². The van der Waals surface area contributed by atoms with Crippen molar-refractivity contribution in [3.8, 4) is 0 Å². The summed E-state index contributed by atoms with van der Waals surface area (Å²) in [5.41, 5.74) is 0. The van der Waals surface area contributed by atoms with E-state index in [0.717, 1.165) is 5.92 Å². The zero-order valence-corrected chi connectivity index (χ0v) is 9.34. The fourth-order valence-electron chi connectivity index (χ4n) is 1.49. The fraction of sp³-hybridized carbons (Fsp3) is 1.00. The topological polar surface area (TPSA) is 12.0 Å². The maximum Gasteiger partial charge on any atom is 0.00750 e. The van der Waals surface area contributed by atoms with E-state index in [0.29, 0.717) is 4.75 Å². The molecule has 1 aliphatic heterocycles. The van der Waals surface area contributed by atoms with Crippen molar-refractivity contribution in [1.29, 1.82) is 0 Å². The maximum atomic E-state index is 3.41. The third-order valence-corrected chi connectivity index (χ3v) is 3.53. The van der Waals surface area contributed by atoms with Crippen LogP contribution in [-0.4, -0.2) is 23.6 Å². The first-order valence-corrected chi connectivity index (χ1v) is 5.91. The first-order chi connectivity index (χ1) is 5.58. The van der Waals surface area contributed by atoms with Crippen LogP contribution in [0.15, 0.2) is 0 Å². The minimum Gasteiger partial charge on any atom is -0.316 e. The van der Waals surface area contributed by atoms with Crippen molar-refractivity contribution in [1.82, 2.24) is 5.32 Å². The van der Waals surface area contributed by atoms with Crippen molar-refractivity contribution < 1.29 is 0 Å². The van der Waals surface area contributed by atoms with Crippen LogP contribution in [0.1, 0.15) is 33.6 Å². The largest absolute Gasteiger partial charge is 0.316 e. The molecule has 12 heavy (non-hydrogen) atoms. The minimum atomic E-state index is 0.450. The molecular weight excluding hydrogens is 166 g/mol. The smallest absolute Gasteiger partial charge is 0.00750 e. The highest BCUT2D eigenvalue weighted by Gasteiger charge is 2.16. The van der Waals surface area contributed by atoms with Gasteiger partial charge in [0.1, 0.15) is 0 Å². The number of hydrogen-bond donors (Lipinski definition) is 1. The zero-order chi connectivity index (χ0) is 9.03. The molecule has 0 aromatic carbocycles.